The van der Waals surface area contributed by atoms with Crippen LogP contribution in [0.4, 0.5) is 0 Å². The molecule has 0 aromatic carbocycles. The zero-order valence-corrected chi connectivity index (χ0v) is 67.4. The maximum absolute atomic E-state index is 2.53. The summed E-state index contributed by atoms with van der Waals surface area (Å²) < 4.78 is 0. The molecule has 0 heteroatoms. The summed E-state index contributed by atoms with van der Waals surface area (Å²) in [6.45, 7) is 105. The normalized spacial score (nSPS) is 14.2. The average Bonchev–Trinajstić information content (AvgIpc) is 3.32. The predicted octanol–water partition coefficient (Wildman–Crippen LogP) is 30.0. The quantitative estimate of drug-likeness (QED) is 0.0904. The van der Waals surface area contributed by atoms with Crippen molar-refractivity contribution in [2.24, 2.45) is 151 Å². The fraction of sp³-hybridized carbons (Fsp3) is 1.00. The van der Waals surface area contributed by atoms with Gasteiger partial charge in [-0.1, -0.05) is 350 Å². The van der Waals surface area contributed by atoms with Crippen LogP contribution in [0, 0.1) is 151 Å². The Morgan fingerprint density at radius 3 is 0.744 bits per heavy atom. The van der Waals surface area contributed by atoms with Crippen LogP contribution in [0.2, 0.25) is 0 Å². The molecule has 506 valence electrons. The van der Waals surface area contributed by atoms with Crippen LogP contribution in [-0.2, 0) is 0 Å². The van der Waals surface area contributed by atoms with Gasteiger partial charge in [0.1, 0.15) is 0 Å². The highest BCUT2D eigenvalue weighted by Crippen LogP contribution is 2.49. The highest BCUT2D eigenvalue weighted by molar-refractivity contribution is 4.89. The zero-order chi connectivity index (χ0) is 67.4. The number of hydrogen-bond acceptors (Lipinski definition) is 0. The minimum atomic E-state index is 0.500. The van der Waals surface area contributed by atoms with Gasteiger partial charge in [-0.3, -0.25) is 0 Å². The molecule has 0 bridgehead atoms. The molecular formula is C82H178. The first-order chi connectivity index (χ1) is 36.7. The fourth-order valence-corrected chi connectivity index (χ4v) is 13.1. The summed E-state index contributed by atoms with van der Waals surface area (Å²) in [5, 5.41) is 0. The molecule has 1 aliphatic rings. The van der Waals surface area contributed by atoms with E-state index in [1.807, 2.05) is 0 Å². The molecule has 0 unspecified atom stereocenters. The molecule has 0 aromatic heterocycles. The SMILES string of the molecule is CC(C)C(C)(C(C)C)C(C)C.CC(C)C(C)(C(C)C)C1CCCCC1.CC(C)C(C)(C)C(C)C.CC(C)C(C)C(C)C.CC(C)CC(C)(C(C)C)C(C)C.CC(C)CC(C)C.CCC(C)(C(C)C)C(C)C.CCCCC(C(C)C)C(C)C. The van der Waals surface area contributed by atoms with Crippen molar-refractivity contribution < 1.29 is 0 Å². The lowest BCUT2D eigenvalue weighted by Gasteiger charge is -2.46. The molecule has 0 heterocycles. The van der Waals surface area contributed by atoms with Crippen molar-refractivity contribution in [1.82, 2.24) is 0 Å². The van der Waals surface area contributed by atoms with Gasteiger partial charge in [0, 0.05) is 0 Å². The smallest absolute Gasteiger partial charge is 0.0251 e. The minimum absolute atomic E-state index is 0.500. The molecular weight excluding hydrogens is 985 g/mol. The summed E-state index contributed by atoms with van der Waals surface area (Å²) >= 11 is 0. The fourth-order valence-electron chi connectivity index (χ4n) is 13.1. The summed E-state index contributed by atoms with van der Waals surface area (Å²) in [5.41, 5.74) is 2.63. The third kappa shape index (κ3) is 39.8. The molecule has 1 saturated carbocycles. The molecule has 0 aliphatic heterocycles. The number of rotatable bonds is 24. The van der Waals surface area contributed by atoms with E-state index in [2.05, 4.69) is 312 Å². The van der Waals surface area contributed by atoms with Gasteiger partial charge in [-0.2, -0.15) is 0 Å². The Bertz CT molecular complexity index is 1260. The predicted molar refractivity (Wildman–Crippen MR) is 392 cm³/mol. The summed E-state index contributed by atoms with van der Waals surface area (Å²) in [6, 6.07) is 0. The second-order valence-electron chi connectivity index (χ2n) is 35.2. The van der Waals surface area contributed by atoms with Crippen molar-refractivity contribution in [3.05, 3.63) is 0 Å². The van der Waals surface area contributed by atoms with Gasteiger partial charge in [0.05, 0.1) is 0 Å². The summed E-state index contributed by atoms with van der Waals surface area (Å²) in [5.74, 6) is 17.5. The lowest BCUT2D eigenvalue weighted by molar-refractivity contribution is 0.0299. The van der Waals surface area contributed by atoms with Crippen molar-refractivity contribution in [3.63, 3.8) is 0 Å². The van der Waals surface area contributed by atoms with E-state index in [9.17, 15) is 0 Å². The van der Waals surface area contributed by atoms with Gasteiger partial charge in [0.2, 0.25) is 0 Å². The van der Waals surface area contributed by atoms with E-state index in [0.717, 1.165) is 124 Å². The van der Waals surface area contributed by atoms with Crippen molar-refractivity contribution in [1.29, 1.82) is 0 Å². The zero-order valence-electron chi connectivity index (χ0n) is 67.4. The highest BCUT2D eigenvalue weighted by atomic mass is 14.5. The summed E-state index contributed by atoms with van der Waals surface area (Å²) in [6.07, 6.45) is 15.6. The standard InChI is InChI=1S/C14H28.C12H26.2C11H24.C10H22.C9H20.C8H18.C7H16/c1-11(2)14(5,12(3)4)13-9-7-6-8-10-13;1-9(2)8-12(7,10(3)4)11(5)6;1-8(2)11(7,9(3)4)10(5)6;1-6-7-8-11(9(2)3)10(4)5;1-7-10(6,8(2)3)9(4)5;1-7(2)9(5,6)8(3)4;1-6(2)8(5)7(3)4;1-6(2)5-7(3)4/h11-13H,6-10H2,1-5H3;9-11H,8H2,1-7H3;8-10H,1-7H3;9-11H,6-8H2,1-5H3;8-9H,7H2,1-6H3;7-8H,1-6H3;6-8H,1-5H3;6-7H,5H2,1-4H3. The minimum Gasteiger partial charge on any atom is -0.0654 e. The molecule has 0 aromatic rings. The van der Waals surface area contributed by atoms with Gasteiger partial charge in [0.25, 0.3) is 0 Å². The van der Waals surface area contributed by atoms with Crippen LogP contribution in [0.5, 0.6) is 0 Å². The van der Waals surface area contributed by atoms with Gasteiger partial charge >= 0.3 is 0 Å². The largest absolute Gasteiger partial charge is 0.0654 e. The molecule has 0 spiro atoms. The lowest BCUT2D eigenvalue weighted by atomic mass is 9.59. The van der Waals surface area contributed by atoms with Crippen LogP contribution in [0.3, 0.4) is 0 Å². The Morgan fingerprint density at radius 2 is 0.634 bits per heavy atom. The van der Waals surface area contributed by atoms with E-state index in [1.165, 1.54) is 70.6 Å². The second kappa shape index (κ2) is 47.9. The van der Waals surface area contributed by atoms with Crippen molar-refractivity contribution in [3.8, 4) is 0 Å². The van der Waals surface area contributed by atoms with Crippen LogP contribution in [0.1, 0.15) is 382 Å². The third-order valence-electron chi connectivity index (χ3n) is 24.2. The molecule has 0 nitrogen and oxygen atoms in total. The lowest BCUT2D eigenvalue weighted by Crippen LogP contribution is -2.38. The third-order valence-corrected chi connectivity index (χ3v) is 24.2. The molecule has 82 heavy (non-hydrogen) atoms. The van der Waals surface area contributed by atoms with Gasteiger partial charge in [-0.25, -0.2) is 0 Å². The summed E-state index contributed by atoms with van der Waals surface area (Å²) in [7, 11) is 0. The van der Waals surface area contributed by atoms with Crippen molar-refractivity contribution in [2.75, 3.05) is 0 Å². The summed E-state index contributed by atoms with van der Waals surface area (Å²) in [4.78, 5) is 0. The monoisotopic (exact) mass is 1160 g/mol. The Morgan fingerprint density at radius 1 is 0.329 bits per heavy atom. The van der Waals surface area contributed by atoms with Gasteiger partial charge in [0.15, 0.2) is 0 Å². The molecule has 0 radical (unpaired) electrons. The molecule has 0 amide bonds. The van der Waals surface area contributed by atoms with Crippen LogP contribution < -0.4 is 0 Å². The average molecular weight is 1160 g/mol. The van der Waals surface area contributed by atoms with Crippen molar-refractivity contribution >= 4 is 0 Å². The maximum Gasteiger partial charge on any atom is -0.0251 e. The van der Waals surface area contributed by atoms with Crippen LogP contribution in [-0.4, -0.2) is 0 Å². The maximum atomic E-state index is 2.53. The Hall–Kier alpha value is 0. The van der Waals surface area contributed by atoms with Crippen LogP contribution in [0.15, 0.2) is 0 Å². The van der Waals surface area contributed by atoms with E-state index in [4.69, 9.17) is 0 Å². The first-order valence-corrected chi connectivity index (χ1v) is 36.7. The second-order valence-corrected chi connectivity index (χ2v) is 35.2. The van der Waals surface area contributed by atoms with E-state index < -0.39 is 0 Å². The highest BCUT2D eigenvalue weighted by Gasteiger charge is 2.40. The van der Waals surface area contributed by atoms with Crippen molar-refractivity contribution in [2.45, 2.75) is 382 Å². The first kappa shape index (κ1) is 95.6. The van der Waals surface area contributed by atoms with Gasteiger partial charge in [-0.05, 0) is 183 Å². The topological polar surface area (TPSA) is 0 Å². The van der Waals surface area contributed by atoms with Gasteiger partial charge < -0.3 is 0 Å². The molecule has 0 saturated heterocycles. The number of unbranched alkanes of at least 4 members (excludes halogenated alkanes) is 1. The van der Waals surface area contributed by atoms with Gasteiger partial charge in [-0.15, -0.1) is 0 Å². The van der Waals surface area contributed by atoms with E-state index in [-0.39, 0.29) is 0 Å². The Labute approximate surface area is 530 Å². The molecule has 0 atom stereocenters. The van der Waals surface area contributed by atoms with E-state index in [1.54, 1.807) is 0 Å². The Kier molecular flexibility index (Phi) is 55.9. The van der Waals surface area contributed by atoms with E-state index >= 15 is 0 Å². The molecule has 0 N–H and O–H groups in total. The van der Waals surface area contributed by atoms with E-state index in [0.29, 0.717) is 27.1 Å². The molecule has 1 fully saturated rings. The first-order valence-electron chi connectivity index (χ1n) is 36.7. The van der Waals surface area contributed by atoms with Crippen LogP contribution in [0.25, 0.3) is 0 Å². The Balaban J connectivity index is -0.000000158. The number of hydrogen-bond donors (Lipinski definition) is 0. The molecule has 1 rings (SSSR count). The van der Waals surface area contributed by atoms with Crippen LogP contribution >= 0.6 is 0 Å². The molecule has 1 aliphatic carbocycles.